The second-order valence-electron chi connectivity index (χ2n) is 3.98. The SMILES string of the molecule is BrCc1ccc(OCCc2ccccc2)c(Br)c1. The number of rotatable bonds is 5. The summed E-state index contributed by atoms with van der Waals surface area (Å²) in [4.78, 5) is 0. The zero-order valence-corrected chi connectivity index (χ0v) is 13.1. The fraction of sp³-hybridized carbons (Fsp3) is 0.200. The van der Waals surface area contributed by atoms with Crippen molar-refractivity contribution in [3.8, 4) is 5.75 Å². The number of halogens is 2. The number of ether oxygens (including phenoxy) is 1. The zero-order chi connectivity index (χ0) is 12.8. The molecule has 0 N–H and O–H groups in total. The Morgan fingerprint density at radius 3 is 2.39 bits per heavy atom. The summed E-state index contributed by atoms with van der Waals surface area (Å²) >= 11 is 6.97. The molecular formula is C15H14Br2O. The van der Waals surface area contributed by atoms with Crippen molar-refractivity contribution in [1.82, 2.24) is 0 Å². The second kappa shape index (κ2) is 6.95. The maximum absolute atomic E-state index is 5.78. The van der Waals surface area contributed by atoms with Crippen LogP contribution in [-0.2, 0) is 11.8 Å². The highest BCUT2D eigenvalue weighted by Gasteiger charge is 2.02. The van der Waals surface area contributed by atoms with Gasteiger partial charge in [-0.15, -0.1) is 0 Å². The van der Waals surface area contributed by atoms with E-state index in [1.165, 1.54) is 11.1 Å². The van der Waals surface area contributed by atoms with Crippen LogP contribution in [0.25, 0.3) is 0 Å². The summed E-state index contributed by atoms with van der Waals surface area (Å²) in [6.45, 7) is 0.691. The van der Waals surface area contributed by atoms with E-state index in [1.54, 1.807) is 0 Å². The van der Waals surface area contributed by atoms with Crippen molar-refractivity contribution in [2.75, 3.05) is 6.61 Å². The first-order valence-electron chi connectivity index (χ1n) is 5.80. The minimum atomic E-state index is 0.691. The molecular weight excluding hydrogens is 356 g/mol. The third kappa shape index (κ3) is 3.85. The molecule has 0 aliphatic rings. The fourth-order valence-electron chi connectivity index (χ4n) is 1.67. The largest absolute Gasteiger partial charge is 0.492 e. The summed E-state index contributed by atoms with van der Waals surface area (Å²) in [6, 6.07) is 16.5. The molecule has 0 heterocycles. The Balaban J connectivity index is 1.91. The molecule has 0 aliphatic heterocycles. The Morgan fingerprint density at radius 1 is 0.944 bits per heavy atom. The van der Waals surface area contributed by atoms with Gasteiger partial charge < -0.3 is 4.74 Å². The number of hydrogen-bond acceptors (Lipinski definition) is 1. The first-order chi connectivity index (χ1) is 8.79. The van der Waals surface area contributed by atoms with Crippen LogP contribution in [0.3, 0.4) is 0 Å². The van der Waals surface area contributed by atoms with Crippen molar-refractivity contribution >= 4 is 31.9 Å². The van der Waals surface area contributed by atoms with Gasteiger partial charge in [0.15, 0.2) is 0 Å². The highest BCUT2D eigenvalue weighted by atomic mass is 79.9. The summed E-state index contributed by atoms with van der Waals surface area (Å²) in [7, 11) is 0. The van der Waals surface area contributed by atoms with E-state index in [0.29, 0.717) is 6.61 Å². The molecule has 2 rings (SSSR count). The van der Waals surface area contributed by atoms with Gasteiger partial charge in [0.2, 0.25) is 0 Å². The van der Waals surface area contributed by atoms with Crippen LogP contribution in [0.5, 0.6) is 5.75 Å². The first kappa shape index (κ1) is 13.6. The predicted molar refractivity (Wildman–Crippen MR) is 82.4 cm³/mol. The monoisotopic (exact) mass is 368 g/mol. The molecule has 1 nitrogen and oxygen atoms in total. The van der Waals surface area contributed by atoms with Crippen molar-refractivity contribution in [3.63, 3.8) is 0 Å². The summed E-state index contributed by atoms with van der Waals surface area (Å²) in [5.74, 6) is 0.899. The van der Waals surface area contributed by atoms with E-state index in [2.05, 4.69) is 68.3 Å². The van der Waals surface area contributed by atoms with E-state index in [-0.39, 0.29) is 0 Å². The van der Waals surface area contributed by atoms with E-state index in [9.17, 15) is 0 Å². The molecule has 0 aliphatic carbocycles. The summed E-state index contributed by atoms with van der Waals surface area (Å²) in [5.41, 5.74) is 2.53. The lowest BCUT2D eigenvalue weighted by Crippen LogP contribution is -2.01. The van der Waals surface area contributed by atoms with Crippen LogP contribution >= 0.6 is 31.9 Å². The second-order valence-corrected chi connectivity index (χ2v) is 5.40. The van der Waals surface area contributed by atoms with Crippen LogP contribution < -0.4 is 4.74 Å². The molecule has 0 bridgehead atoms. The minimum Gasteiger partial charge on any atom is -0.492 e. The van der Waals surface area contributed by atoms with Crippen molar-refractivity contribution in [2.24, 2.45) is 0 Å². The molecule has 0 saturated carbocycles. The molecule has 0 unspecified atom stereocenters. The smallest absolute Gasteiger partial charge is 0.133 e. The van der Waals surface area contributed by atoms with Crippen molar-refractivity contribution in [3.05, 3.63) is 64.1 Å². The van der Waals surface area contributed by atoms with Gasteiger partial charge in [-0.3, -0.25) is 0 Å². The van der Waals surface area contributed by atoms with E-state index >= 15 is 0 Å². The van der Waals surface area contributed by atoms with E-state index < -0.39 is 0 Å². The van der Waals surface area contributed by atoms with Crippen LogP contribution in [0.1, 0.15) is 11.1 Å². The maximum atomic E-state index is 5.78. The quantitative estimate of drug-likeness (QED) is 0.676. The van der Waals surface area contributed by atoms with Crippen LogP contribution in [-0.4, -0.2) is 6.61 Å². The van der Waals surface area contributed by atoms with Gasteiger partial charge in [-0.05, 0) is 39.2 Å². The van der Waals surface area contributed by atoms with Gasteiger partial charge in [0.1, 0.15) is 5.75 Å². The number of alkyl halides is 1. The van der Waals surface area contributed by atoms with E-state index in [4.69, 9.17) is 4.74 Å². The Hall–Kier alpha value is -0.800. The minimum absolute atomic E-state index is 0.691. The lowest BCUT2D eigenvalue weighted by Gasteiger charge is -2.09. The molecule has 0 saturated heterocycles. The lowest BCUT2D eigenvalue weighted by atomic mass is 10.2. The molecule has 0 atom stereocenters. The maximum Gasteiger partial charge on any atom is 0.133 e. The molecule has 2 aromatic rings. The average Bonchev–Trinajstić information content (AvgIpc) is 2.42. The zero-order valence-electron chi connectivity index (χ0n) is 9.90. The molecule has 3 heteroatoms. The average molecular weight is 370 g/mol. The highest BCUT2D eigenvalue weighted by Crippen LogP contribution is 2.26. The molecule has 0 radical (unpaired) electrons. The summed E-state index contributed by atoms with van der Waals surface area (Å²) in [6.07, 6.45) is 0.924. The van der Waals surface area contributed by atoms with Crippen LogP contribution in [0.4, 0.5) is 0 Å². The van der Waals surface area contributed by atoms with Gasteiger partial charge in [0, 0.05) is 11.8 Å². The van der Waals surface area contributed by atoms with Gasteiger partial charge in [-0.25, -0.2) is 0 Å². The van der Waals surface area contributed by atoms with Crippen LogP contribution in [0.2, 0.25) is 0 Å². The van der Waals surface area contributed by atoms with Crippen LogP contribution in [0, 0.1) is 0 Å². The van der Waals surface area contributed by atoms with Crippen molar-refractivity contribution < 1.29 is 4.74 Å². The van der Waals surface area contributed by atoms with Gasteiger partial charge in [-0.1, -0.05) is 52.3 Å². The standard InChI is InChI=1S/C15H14Br2O/c16-11-13-6-7-15(14(17)10-13)18-9-8-12-4-2-1-3-5-12/h1-7,10H,8-9,11H2. The Kier molecular flexibility index (Phi) is 5.26. The van der Waals surface area contributed by atoms with Gasteiger partial charge in [0.05, 0.1) is 11.1 Å². The van der Waals surface area contributed by atoms with Gasteiger partial charge >= 0.3 is 0 Å². The summed E-state index contributed by atoms with van der Waals surface area (Å²) < 4.78 is 6.78. The van der Waals surface area contributed by atoms with Crippen molar-refractivity contribution in [1.29, 1.82) is 0 Å². The van der Waals surface area contributed by atoms with Gasteiger partial charge in [0.25, 0.3) is 0 Å². The third-order valence-corrected chi connectivity index (χ3v) is 3.91. The van der Waals surface area contributed by atoms with Crippen LogP contribution in [0.15, 0.2) is 53.0 Å². The lowest BCUT2D eigenvalue weighted by molar-refractivity contribution is 0.320. The molecule has 0 fully saturated rings. The molecule has 0 amide bonds. The Bertz CT molecular complexity index is 497. The third-order valence-electron chi connectivity index (χ3n) is 2.64. The number of hydrogen-bond donors (Lipinski definition) is 0. The Morgan fingerprint density at radius 2 is 1.72 bits per heavy atom. The molecule has 94 valence electrons. The fourth-order valence-corrected chi connectivity index (χ4v) is 2.56. The molecule has 2 aromatic carbocycles. The predicted octanol–water partition coefficient (Wildman–Crippen LogP) is 4.97. The molecule has 18 heavy (non-hydrogen) atoms. The van der Waals surface area contributed by atoms with E-state index in [0.717, 1.165) is 22.0 Å². The Labute approximate surface area is 124 Å². The molecule has 0 aromatic heterocycles. The number of benzene rings is 2. The molecule has 0 spiro atoms. The highest BCUT2D eigenvalue weighted by molar-refractivity contribution is 9.10. The topological polar surface area (TPSA) is 9.23 Å². The van der Waals surface area contributed by atoms with E-state index in [1.807, 2.05) is 12.1 Å². The normalized spacial score (nSPS) is 10.3. The first-order valence-corrected chi connectivity index (χ1v) is 7.72. The van der Waals surface area contributed by atoms with Crippen molar-refractivity contribution in [2.45, 2.75) is 11.8 Å². The summed E-state index contributed by atoms with van der Waals surface area (Å²) in [5, 5.41) is 0.857. The van der Waals surface area contributed by atoms with Gasteiger partial charge in [-0.2, -0.15) is 0 Å².